The molecule has 1 aliphatic carbocycles. The lowest BCUT2D eigenvalue weighted by Crippen LogP contribution is -2.19. The van der Waals surface area contributed by atoms with Gasteiger partial charge in [0.1, 0.15) is 0 Å². The summed E-state index contributed by atoms with van der Waals surface area (Å²) in [5.74, 6) is 0.972. The van der Waals surface area contributed by atoms with Crippen molar-refractivity contribution >= 4 is 0 Å². The Morgan fingerprint density at radius 1 is 1.28 bits per heavy atom. The maximum atomic E-state index is 4.58. The molecule has 1 heterocycles. The van der Waals surface area contributed by atoms with E-state index in [2.05, 4.69) is 43.3 Å². The van der Waals surface area contributed by atoms with Gasteiger partial charge in [-0.1, -0.05) is 31.7 Å². The van der Waals surface area contributed by atoms with Gasteiger partial charge in [-0.05, 0) is 51.3 Å². The standard InChI is InChI=1S/C16H26N2/c1-12-8-10-15(13(2)18-12)16(17-3)11-9-14-6-4-5-7-14/h8,10,14,16-17H,4-7,9,11H2,1-3H3. The molecular weight excluding hydrogens is 220 g/mol. The van der Waals surface area contributed by atoms with Gasteiger partial charge in [-0.3, -0.25) is 4.98 Å². The van der Waals surface area contributed by atoms with E-state index in [1.165, 1.54) is 49.8 Å². The molecule has 18 heavy (non-hydrogen) atoms. The van der Waals surface area contributed by atoms with Crippen molar-refractivity contribution in [1.82, 2.24) is 10.3 Å². The van der Waals surface area contributed by atoms with E-state index in [1.807, 2.05) is 0 Å². The summed E-state index contributed by atoms with van der Waals surface area (Å²) >= 11 is 0. The molecule has 0 spiro atoms. The van der Waals surface area contributed by atoms with Crippen LogP contribution in [0.1, 0.15) is 61.5 Å². The van der Waals surface area contributed by atoms with Crippen LogP contribution in [0.4, 0.5) is 0 Å². The summed E-state index contributed by atoms with van der Waals surface area (Å²) in [6.45, 7) is 4.19. The number of nitrogens with zero attached hydrogens (tertiary/aromatic N) is 1. The second kappa shape index (κ2) is 6.33. The predicted octanol–water partition coefficient (Wildman–Crippen LogP) is 3.93. The molecule has 0 amide bonds. The van der Waals surface area contributed by atoms with Crippen LogP contribution in [0, 0.1) is 19.8 Å². The molecule has 1 aliphatic rings. The van der Waals surface area contributed by atoms with Crippen LogP contribution in [-0.2, 0) is 0 Å². The van der Waals surface area contributed by atoms with Crippen molar-refractivity contribution in [1.29, 1.82) is 0 Å². The number of rotatable bonds is 5. The molecule has 2 heteroatoms. The summed E-state index contributed by atoms with van der Waals surface area (Å²) in [5, 5.41) is 3.46. The molecule has 1 atom stereocenters. The van der Waals surface area contributed by atoms with E-state index in [9.17, 15) is 0 Å². The number of pyridine rings is 1. The molecule has 2 rings (SSSR count). The van der Waals surface area contributed by atoms with Crippen LogP contribution in [0.3, 0.4) is 0 Å². The van der Waals surface area contributed by atoms with Crippen LogP contribution in [0.5, 0.6) is 0 Å². The van der Waals surface area contributed by atoms with Crippen molar-refractivity contribution in [2.24, 2.45) is 5.92 Å². The second-order valence-electron chi connectivity index (χ2n) is 5.70. The first-order valence-corrected chi connectivity index (χ1v) is 7.32. The fourth-order valence-electron chi connectivity index (χ4n) is 3.22. The zero-order valence-electron chi connectivity index (χ0n) is 12.0. The predicted molar refractivity (Wildman–Crippen MR) is 76.7 cm³/mol. The second-order valence-corrected chi connectivity index (χ2v) is 5.70. The summed E-state index contributed by atoms with van der Waals surface area (Å²) in [7, 11) is 2.07. The van der Waals surface area contributed by atoms with E-state index in [0.717, 1.165) is 11.6 Å². The van der Waals surface area contributed by atoms with E-state index < -0.39 is 0 Å². The van der Waals surface area contributed by atoms with Crippen molar-refractivity contribution in [3.8, 4) is 0 Å². The molecule has 1 aromatic heterocycles. The monoisotopic (exact) mass is 246 g/mol. The highest BCUT2D eigenvalue weighted by atomic mass is 14.9. The highest BCUT2D eigenvalue weighted by Gasteiger charge is 2.18. The summed E-state index contributed by atoms with van der Waals surface area (Å²) in [6, 6.07) is 4.84. The number of aromatic nitrogens is 1. The quantitative estimate of drug-likeness (QED) is 0.851. The van der Waals surface area contributed by atoms with Crippen LogP contribution < -0.4 is 5.32 Å². The molecule has 0 saturated heterocycles. The molecular formula is C16H26N2. The summed E-state index contributed by atoms with van der Waals surface area (Å²) in [6.07, 6.45) is 8.38. The van der Waals surface area contributed by atoms with Gasteiger partial charge < -0.3 is 5.32 Å². The average molecular weight is 246 g/mol. The molecule has 1 aromatic rings. The van der Waals surface area contributed by atoms with E-state index in [0.29, 0.717) is 6.04 Å². The lowest BCUT2D eigenvalue weighted by Gasteiger charge is -2.20. The van der Waals surface area contributed by atoms with Gasteiger partial charge in [-0.25, -0.2) is 0 Å². The minimum absolute atomic E-state index is 0.471. The SMILES string of the molecule is CNC(CCC1CCCC1)c1ccc(C)nc1C. The first kappa shape index (κ1) is 13.5. The molecule has 0 bridgehead atoms. The van der Waals surface area contributed by atoms with Crippen molar-refractivity contribution in [3.63, 3.8) is 0 Å². The van der Waals surface area contributed by atoms with Gasteiger partial charge in [0.05, 0.1) is 0 Å². The fraction of sp³-hybridized carbons (Fsp3) is 0.688. The molecule has 0 aliphatic heterocycles. The number of aryl methyl sites for hydroxylation is 2. The summed E-state index contributed by atoms with van der Waals surface area (Å²) in [4.78, 5) is 4.58. The number of hydrogen-bond acceptors (Lipinski definition) is 2. The molecule has 2 nitrogen and oxygen atoms in total. The Labute approximate surface area is 111 Å². The Morgan fingerprint density at radius 2 is 2.00 bits per heavy atom. The van der Waals surface area contributed by atoms with Crippen molar-refractivity contribution in [2.45, 2.75) is 58.4 Å². The van der Waals surface area contributed by atoms with Crippen molar-refractivity contribution < 1.29 is 0 Å². The molecule has 0 aromatic carbocycles. The molecule has 0 radical (unpaired) electrons. The van der Waals surface area contributed by atoms with Gasteiger partial charge in [0.25, 0.3) is 0 Å². The molecule has 1 saturated carbocycles. The highest BCUT2D eigenvalue weighted by molar-refractivity contribution is 5.25. The van der Waals surface area contributed by atoms with Gasteiger partial charge in [0.2, 0.25) is 0 Å². The zero-order chi connectivity index (χ0) is 13.0. The van der Waals surface area contributed by atoms with Crippen molar-refractivity contribution in [3.05, 3.63) is 29.1 Å². The molecule has 100 valence electrons. The van der Waals surface area contributed by atoms with Gasteiger partial charge in [-0.2, -0.15) is 0 Å². The molecule has 1 unspecified atom stereocenters. The number of hydrogen-bond donors (Lipinski definition) is 1. The molecule has 1 N–H and O–H groups in total. The first-order chi connectivity index (χ1) is 8.70. The minimum atomic E-state index is 0.471. The highest BCUT2D eigenvalue weighted by Crippen LogP contribution is 2.31. The average Bonchev–Trinajstić information content (AvgIpc) is 2.85. The van der Waals surface area contributed by atoms with Gasteiger partial charge in [-0.15, -0.1) is 0 Å². The zero-order valence-corrected chi connectivity index (χ0v) is 12.0. The Balaban J connectivity index is 1.98. The van der Waals surface area contributed by atoms with Gasteiger partial charge in [0.15, 0.2) is 0 Å². The van der Waals surface area contributed by atoms with Crippen molar-refractivity contribution in [2.75, 3.05) is 7.05 Å². The lowest BCUT2D eigenvalue weighted by molar-refractivity contribution is 0.426. The Hall–Kier alpha value is -0.890. The van der Waals surface area contributed by atoms with E-state index in [4.69, 9.17) is 0 Å². The first-order valence-electron chi connectivity index (χ1n) is 7.32. The van der Waals surface area contributed by atoms with Crippen LogP contribution in [0.25, 0.3) is 0 Å². The summed E-state index contributed by atoms with van der Waals surface area (Å²) in [5.41, 5.74) is 3.67. The Kier molecular flexibility index (Phi) is 4.76. The topological polar surface area (TPSA) is 24.9 Å². The van der Waals surface area contributed by atoms with Gasteiger partial charge in [0, 0.05) is 17.4 Å². The van der Waals surface area contributed by atoms with Crippen LogP contribution in [-0.4, -0.2) is 12.0 Å². The van der Waals surface area contributed by atoms with E-state index >= 15 is 0 Å². The fourth-order valence-corrected chi connectivity index (χ4v) is 3.22. The van der Waals surface area contributed by atoms with Crippen LogP contribution in [0.15, 0.2) is 12.1 Å². The maximum absolute atomic E-state index is 4.58. The molecule has 1 fully saturated rings. The number of nitrogens with one attached hydrogen (secondary N) is 1. The smallest absolute Gasteiger partial charge is 0.0423 e. The van der Waals surface area contributed by atoms with E-state index in [-0.39, 0.29) is 0 Å². The van der Waals surface area contributed by atoms with Crippen LogP contribution in [0.2, 0.25) is 0 Å². The normalized spacial score (nSPS) is 18.2. The van der Waals surface area contributed by atoms with Crippen LogP contribution >= 0.6 is 0 Å². The Bertz CT molecular complexity index is 381. The van der Waals surface area contributed by atoms with Gasteiger partial charge >= 0.3 is 0 Å². The third kappa shape index (κ3) is 3.32. The Morgan fingerprint density at radius 3 is 2.61 bits per heavy atom. The third-order valence-corrected chi connectivity index (χ3v) is 4.33. The van der Waals surface area contributed by atoms with E-state index in [1.54, 1.807) is 0 Å². The third-order valence-electron chi connectivity index (χ3n) is 4.33. The largest absolute Gasteiger partial charge is 0.313 e. The maximum Gasteiger partial charge on any atom is 0.0423 e. The lowest BCUT2D eigenvalue weighted by atomic mass is 9.94. The minimum Gasteiger partial charge on any atom is -0.313 e. The summed E-state index contributed by atoms with van der Waals surface area (Å²) < 4.78 is 0.